The normalized spacial score (nSPS) is 12.3. The smallest absolute Gasteiger partial charge is 0.258 e. The molecular weight excluding hydrogens is 328 g/mol. The minimum atomic E-state index is -0.281. The van der Waals surface area contributed by atoms with Crippen molar-refractivity contribution in [3.8, 4) is 5.75 Å². The van der Waals surface area contributed by atoms with Gasteiger partial charge in [0.1, 0.15) is 17.3 Å². The first kappa shape index (κ1) is 18.0. The van der Waals surface area contributed by atoms with Gasteiger partial charge in [-0.2, -0.15) is 0 Å². The summed E-state index contributed by atoms with van der Waals surface area (Å²) < 4.78 is 11.4. The van der Waals surface area contributed by atoms with E-state index in [1.54, 1.807) is 0 Å². The van der Waals surface area contributed by atoms with Gasteiger partial charge in [0.2, 0.25) is 5.89 Å². The molecule has 1 heterocycles. The molecule has 136 valence electrons. The Labute approximate surface area is 153 Å². The van der Waals surface area contributed by atoms with Crippen molar-refractivity contribution in [2.24, 2.45) is 5.92 Å². The number of carbonyl (C=O) groups is 1. The second kappa shape index (κ2) is 8.04. The molecule has 1 amide bonds. The molecule has 5 heteroatoms. The molecule has 0 bridgehead atoms. The molecule has 3 aromatic rings. The summed E-state index contributed by atoms with van der Waals surface area (Å²) in [5.41, 5.74) is 2.61. The topological polar surface area (TPSA) is 64.4 Å². The van der Waals surface area contributed by atoms with Gasteiger partial charge in [0.05, 0.1) is 0 Å². The van der Waals surface area contributed by atoms with Crippen molar-refractivity contribution in [1.29, 1.82) is 0 Å². The number of fused-ring (bicyclic) bond motifs is 1. The van der Waals surface area contributed by atoms with Crippen LogP contribution >= 0.6 is 0 Å². The van der Waals surface area contributed by atoms with Crippen LogP contribution in [0.5, 0.6) is 5.75 Å². The Hall–Kier alpha value is -2.82. The Bertz CT molecular complexity index is 853. The summed E-state index contributed by atoms with van der Waals surface area (Å²) in [6.45, 7) is 6.15. The molecule has 0 aliphatic rings. The Morgan fingerprint density at radius 3 is 2.73 bits per heavy atom. The number of nitrogens with one attached hydrogen (secondary N) is 1. The highest BCUT2D eigenvalue weighted by Gasteiger charge is 2.22. The van der Waals surface area contributed by atoms with E-state index in [1.807, 2.05) is 55.5 Å². The molecule has 0 saturated carbocycles. The zero-order chi connectivity index (χ0) is 18.5. The summed E-state index contributed by atoms with van der Waals surface area (Å²) in [6.07, 6.45) is 0.739. The monoisotopic (exact) mass is 352 g/mol. The number of carbonyl (C=O) groups excluding carboxylic acids is 1. The molecule has 1 atom stereocenters. The number of aromatic nitrogens is 1. The highest BCUT2D eigenvalue weighted by Crippen LogP contribution is 2.24. The lowest BCUT2D eigenvalue weighted by molar-refractivity contribution is -0.124. The van der Waals surface area contributed by atoms with E-state index >= 15 is 0 Å². The van der Waals surface area contributed by atoms with Crippen LogP contribution in [-0.2, 0) is 4.79 Å². The Morgan fingerprint density at radius 2 is 2.00 bits per heavy atom. The van der Waals surface area contributed by atoms with Crippen LogP contribution in [0.3, 0.4) is 0 Å². The number of hydrogen-bond donors (Lipinski definition) is 1. The predicted molar refractivity (Wildman–Crippen MR) is 101 cm³/mol. The third-order valence-electron chi connectivity index (χ3n) is 4.01. The third kappa shape index (κ3) is 4.63. The summed E-state index contributed by atoms with van der Waals surface area (Å²) in [5.74, 6) is 1.40. The molecule has 0 aliphatic heterocycles. The van der Waals surface area contributed by atoms with Crippen molar-refractivity contribution in [2.45, 2.75) is 33.2 Å². The molecule has 26 heavy (non-hydrogen) atoms. The summed E-state index contributed by atoms with van der Waals surface area (Å²) in [5, 5.41) is 2.99. The average molecular weight is 352 g/mol. The maximum atomic E-state index is 12.4. The van der Waals surface area contributed by atoms with Gasteiger partial charge in [0.25, 0.3) is 5.91 Å². The quantitative estimate of drug-likeness (QED) is 0.684. The van der Waals surface area contributed by atoms with Crippen molar-refractivity contribution >= 4 is 17.0 Å². The van der Waals surface area contributed by atoms with Crippen molar-refractivity contribution < 1.29 is 13.9 Å². The van der Waals surface area contributed by atoms with Gasteiger partial charge in [0, 0.05) is 0 Å². The largest absolute Gasteiger partial charge is 0.484 e. The van der Waals surface area contributed by atoms with E-state index in [9.17, 15) is 4.79 Å². The Balaban J connectivity index is 1.68. The molecule has 0 radical (unpaired) electrons. The summed E-state index contributed by atoms with van der Waals surface area (Å²) >= 11 is 0. The molecular formula is C21H24N2O3. The standard InChI is InChI=1S/C21H24N2O3/c1-14(2)11-18(21-23-17-9-4-5-10-19(17)26-21)22-20(24)13-25-16-8-6-7-15(3)12-16/h4-10,12,14,18H,11,13H2,1-3H3,(H,22,24)/t18-/m0/s1. The maximum absolute atomic E-state index is 12.4. The minimum absolute atomic E-state index is 0.0434. The van der Waals surface area contributed by atoms with Crippen molar-refractivity contribution in [3.63, 3.8) is 0 Å². The highest BCUT2D eigenvalue weighted by molar-refractivity contribution is 5.78. The second-order valence-corrected chi connectivity index (χ2v) is 6.87. The number of rotatable bonds is 7. The number of hydrogen-bond acceptors (Lipinski definition) is 4. The van der Waals surface area contributed by atoms with Gasteiger partial charge in [0.15, 0.2) is 12.2 Å². The highest BCUT2D eigenvalue weighted by atomic mass is 16.5. The van der Waals surface area contributed by atoms with Crippen LogP contribution < -0.4 is 10.1 Å². The number of oxazole rings is 1. The SMILES string of the molecule is Cc1cccc(OCC(=O)N[C@@H](CC(C)C)c2nc3ccccc3o2)c1. The molecule has 2 aromatic carbocycles. The van der Waals surface area contributed by atoms with Gasteiger partial charge in [-0.1, -0.05) is 38.1 Å². The molecule has 0 fully saturated rings. The zero-order valence-electron chi connectivity index (χ0n) is 15.4. The maximum Gasteiger partial charge on any atom is 0.258 e. The van der Waals surface area contributed by atoms with Gasteiger partial charge in [-0.3, -0.25) is 4.79 Å². The first-order chi connectivity index (χ1) is 12.5. The Morgan fingerprint density at radius 1 is 1.19 bits per heavy atom. The van der Waals surface area contributed by atoms with Crippen LogP contribution in [0.15, 0.2) is 52.9 Å². The van der Waals surface area contributed by atoms with Gasteiger partial charge < -0.3 is 14.5 Å². The van der Waals surface area contributed by atoms with E-state index in [0.717, 1.165) is 23.1 Å². The lowest BCUT2D eigenvalue weighted by Gasteiger charge is -2.18. The van der Waals surface area contributed by atoms with Crippen LogP contribution in [0, 0.1) is 12.8 Å². The van der Waals surface area contributed by atoms with E-state index in [1.165, 1.54) is 0 Å². The molecule has 3 rings (SSSR count). The summed E-state index contributed by atoms with van der Waals surface area (Å²) in [7, 11) is 0. The van der Waals surface area contributed by atoms with Crippen LogP contribution in [0.4, 0.5) is 0 Å². The van der Waals surface area contributed by atoms with E-state index in [0.29, 0.717) is 17.6 Å². The average Bonchev–Trinajstić information content (AvgIpc) is 3.03. The number of para-hydroxylation sites is 2. The number of amides is 1. The number of benzene rings is 2. The van der Waals surface area contributed by atoms with Crippen molar-refractivity contribution in [2.75, 3.05) is 6.61 Å². The van der Waals surface area contributed by atoms with E-state index in [-0.39, 0.29) is 18.6 Å². The van der Waals surface area contributed by atoms with Gasteiger partial charge in [-0.15, -0.1) is 0 Å². The summed E-state index contributed by atoms with van der Waals surface area (Å²) in [6, 6.07) is 15.0. The van der Waals surface area contributed by atoms with Gasteiger partial charge in [-0.25, -0.2) is 4.98 Å². The molecule has 0 spiro atoms. The fourth-order valence-corrected chi connectivity index (χ4v) is 2.82. The number of aryl methyl sites for hydroxylation is 1. The lowest BCUT2D eigenvalue weighted by Crippen LogP contribution is -2.33. The van der Waals surface area contributed by atoms with Crippen LogP contribution in [0.1, 0.15) is 37.8 Å². The number of ether oxygens (including phenoxy) is 1. The van der Waals surface area contributed by atoms with E-state index < -0.39 is 0 Å². The molecule has 0 aliphatic carbocycles. The van der Waals surface area contributed by atoms with Gasteiger partial charge >= 0.3 is 0 Å². The van der Waals surface area contributed by atoms with Crippen molar-refractivity contribution in [3.05, 3.63) is 60.0 Å². The first-order valence-electron chi connectivity index (χ1n) is 8.85. The third-order valence-corrected chi connectivity index (χ3v) is 4.01. The van der Waals surface area contributed by atoms with Crippen LogP contribution in [0.25, 0.3) is 11.1 Å². The zero-order valence-corrected chi connectivity index (χ0v) is 15.4. The van der Waals surface area contributed by atoms with E-state index in [2.05, 4.69) is 24.1 Å². The molecule has 1 N–H and O–H groups in total. The molecule has 0 unspecified atom stereocenters. The minimum Gasteiger partial charge on any atom is -0.484 e. The predicted octanol–water partition coefficient (Wildman–Crippen LogP) is 4.42. The Kier molecular flexibility index (Phi) is 5.56. The fourth-order valence-electron chi connectivity index (χ4n) is 2.82. The van der Waals surface area contributed by atoms with E-state index in [4.69, 9.17) is 9.15 Å². The van der Waals surface area contributed by atoms with Crippen molar-refractivity contribution in [1.82, 2.24) is 10.3 Å². The molecule has 0 saturated heterocycles. The molecule has 1 aromatic heterocycles. The second-order valence-electron chi connectivity index (χ2n) is 6.87. The summed E-state index contributed by atoms with van der Waals surface area (Å²) in [4.78, 5) is 16.9. The van der Waals surface area contributed by atoms with Gasteiger partial charge in [-0.05, 0) is 49.1 Å². The number of nitrogens with zero attached hydrogens (tertiary/aromatic N) is 1. The van der Waals surface area contributed by atoms with Crippen LogP contribution in [-0.4, -0.2) is 17.5 Å². The first-order valence-corrected chi connectivity index (χ1v) is 8.85. The molecule has 5 nitrogen and oxygen atoms in total. The lowest BCUT2D eigenvalue weighted by atomic mass is 10.0. The van der Waals surface area contributed by atoms with Crippen LogP contribution in [0.2, 0.25) is 0 Å². The fraction of sp³-hybridized carbons (Fsp3) is 0.333.